The predicted octanol–water partition coefficient (Wildman–Crippen LogP) is 0.335. The molecule has 1 aromatic carbocycles. The van der Waals surface area contributed by atoms with Gasteiger partial charge in [0, 0.05) is 26.1 Å². The SMILES string of the molecule is CN(C)C(=O)CN[C@@]1(CO)CCOc2ccccc21. The maximum Gasteiger partial charge on any atom is 0.236 e. The number of para-hydroxylation sites is 1. The molecule has 1 atom stereocenters. The summed E-state index contributed by atoms with van der Waals surface area (Å²) in [7, 11) is 3.43. The number of benzene rings is 1. The van der Waals surface area contributed by atoms with Crippen molar-refractivity contribution in [2.24, 2.45) is 0 Å². The van der Waals surface area contributed by atoms with Crippen LogP contribution in [0.2, 0.25) is 0 Å². The average Bonchev–Trinajstić information content (AvgIpc) is 2.44. The molecular formula is C14H20N2O3. The number of fused-ring (bicyclic) bond motifs is 1. The molecule has 1 amide bonds. The Hall–Kier alpha value is -1.59. The number of carbonyl (C=O) groups excluding carboxylic acids is 1. The summed E-state index contributed by atoms with van der Waals surface area (Å²) in [5.74, 6) is 0.754. The van der Waals surface area contributed by atoms with Gasteiger partial charge in [-0.25, -0.2) is 0 Å². The highest BCUT2D eigenvalue weighted by atomic mass is 16.5. The first-order valence-electron chi connectivity index (χ1n) is 6.37. The molecule has 0 saturated heterocycles. The molecule has 104 valence electrons. The molecular weight excluding hydrogens is 244 g/mol. The van der Waals surface area contributed by atoms with Crippen LogP contribution in [-0.4, -0.2) is 49.8 Å². The van der Waals surface area contributed by atoms with E-state index in [9.17, 15) is 9.90 Å². The Kier molecular flexibility index (Phi) is 4.07. The van der Waals surface area contributed by atoms with Crippen LogP contribution >= 0.6 is 0 Å². The van der Waals surface area contributed by atoms with Crippen molar-refractivity contribution in [3.63, 3.8) is 0 Å². The van der Waals surface area contributed by atoms with Gasteiger partial charge in [-0.3, -0.25) is 10.1 Å². The number of hydrogen-bond acceptors (Lipinski definition) is 4. The Balaban J connectivity index is 2.22. The summed E-state index contributed by atoms with van der Waals surface area (Å²) in [6.07, 6.45) is 0.640. The second kappa shape index (κ2) is 5.59. The van der Waals surface area contributed by atoms with Crippen molar-refractivity contribution in [2.75, 3.05) is 33.9 Å². The Bertz CT molecular complexity index is 462. The van der Waals surface area contributed by atoms with E-state index in [4.69, 9.17) is 4.74 Å². The van der Waals surface area contributed by atoms with Crippen LogP contribution in [0.25, 0.3) is 0 Å². The number of carbonyl (C=O) groups is 1. The standard InChI is InChI=1S/C14H20N2O3/c1-16(2)13(18)9-15-14(10-17)7-8-19-12-6-4-3-5-11(12)14/h3-6,15,17H,7-10H2,1-2H3/t14-/m1/s1. The van der Waals surface area contributed by atoms with Crippen LogP contribution in [0.3, 0.4) is 0 Å². The molecule has 2 rings (SSSR count). The van der Waals surface area contributed by atoms with Crippen LogP contribution in [0.4, 0.5) is 0 Å². The Labute approximate surface area is 113 Å². The van der Waals surface area contributed by atoms with Gasteiger partial charge in [0.05, 0.1) is 25.3 Å². The van der Waals surface area contributed by atoms with Crippen molar-refractivity contribution in [2.45, 2.75) is 12.0 Å². The molecule has 0 radical (unpaired) electrons. The van der Waals surface area contributed by atoms with Crippen LogP contribution in [-0.2, 0) is 10.3 Å². The van der Waals surface area contributed by atoms with E-state index in [1.807, 2.05) is 24.3 Å². The molecule has 1 aliphatic rings. The van der Waals surface area contributed by atoms with Crippen LogP contribution in [0, 0.1) is 0 Å². The summed E-state index contributed by atoms with van der Waals surface area (Å²) in [6.45, 7) is 0.663. The molecule has 0 aromatic heterocycles. The van der Waals surface area contributed by atoms with Crippen LogP contribution in [0.1, 0.15) is 12.0 Å². The smallest absolute Gasteiger partial charge is 0.236 e. The molecule has 0 aliphatic carbocycles. The molecule has 0 fully saturated rings. The summed E-state index contributed by atoms with van der Waals surface area (Å²) in [6, 6.07) is 7.62. The van der Waals surface area contributed by atoms with Gasteiger partial charge < -0.3 is 14.7 Å². The van der Waals surface area contributed by atoms with Gasteiger partial charge in [0.25, 0.3) is 0 Å². The fourth-order valence-corrected chi connectivity index (χ4v) is 2.26. The zero-order valence-corrected chi connectivity index (χ0v) is 11.3. The number of hydrogen-bond donors (Lipinski definition) is 2. The van der Waals surface area contributed by atoms with Crippen molar-refractivity contribution in [1.29, 1.82) is 0 Å². The van der Waals surface area contributed by atoms with Gasteiger partial charge in [0.1, 0.15) is 5.75 Å². The third-order valence-electron chi connectivity index (χ3n) is 3.54. The van der Waals surface area contributed by atoms with Gasteiger partial charge in [-0.2, -0.15) is 0 Å². The first-order valence-corrected chi connectivity index (χ1v) is 6.37. The molecule has 5 heteroatoms. The van der Waals surface area contributed by atoms with Crippen LogP contribution in [0.5, 0.6) is 5.75 Å². The highest BCUT2D eigenvalue weighted by Crippen LogP contribution is 2.36. The van der Waals surface area contributed by atoms with Gasteiger partial charge in [0.2, 0.25) is 5.91 Å². The Morgan fingerprint density at radius 3 is 2.89 bits per heavy atom. The quantitative estimate of drug-likeness (QED) is 0.823. The fraction of sp³-hybridized carbons (Fsp3) is 0.500. The molecule has 0 unspecified atom stereocenters. The molecule has 0 spiro atoms. The summed E-state index contributed by atoms with van der Waals surface area (Å²) in [5.41, 5.74) is 0.316. The first-order chi connectivity index (χ1) is 9.09. The number of aliphatic hydroxyl groups is 1. The predicted molar refractivity (Wildman–Crippen MR) is 72.0 cm³/mol. The second-order valence-electron chi connectivity index (χ2n) is 4.98. The molecule has 1 aromatic rings. The largest absolute Gasteiger partial charge is 0.493 e. The third kappa shape index (κ3) is 2.72. The number of likely N-dealkylation sites (N-methyl/N-ethyl adjacent to an activating group) is 1. The topological polar surface area (TPSA) is 61.8 Å². The average molecular weight is 264 g/mol. The zero-order valence-electron chi connectivity index (χ0n) is 11.3. The number of rotatable bonds is 4. The Morgan fingerprint density at radius 2 is 2.21 bits per heavy atom. The second-order valence-corrected chi connectivity index (χ2v) is 4.98. The third-order valence-corrected chi connectivity index (χ3v) is 3.54. The van der Waals surface area contributed by atoms with E-state index in [-0.39, 0.29) is 19.1 Å². The van der Waals surface area contributed by atoms with Crippen molar-refractivity contribution < 1.29 is 14.6 Å². The lowest BCUT2D eigenvalue weighted by molar-refractivity contribution is -0.128. The van der Waals surface area contributed by atoms with Crippen molar-refractivity contribution in [3.05, 3.63) is 29.8 Å². The summed E-state index contributed by atoms with van der Waals surface area (Å²) >= 11 is 0. The lowest BCUT2D eigenvalue weighted by Crippen LogP contribution is -2.51. The monoisotopic (exact) mass is 264 g/mol. The van der Waals surface area contributed by atoms with E-state index in [2.05, 4.69) is 5.32 Å². The molecule has 2 N–H and O–H groups in total. The Morgan fingerprint density at radius 1 is 1.47 bits per heavy atom. The lowest BCUT2D eigenvalue weighted by atomic mass is 9.85. The maximum absolute atomic E-state index is 11.7. The minimum Gasteiger partial charge on any atom is -0.493 e. The maximum atomic E-state index is 11.7. The number of nitrogens with one attached hydrogen (secondary N) is 1. The van der Waals surface area contributed by atoms with E-state index >= 15 is 0 Å². The molecule has 1 heterocycles. The first kappa shape index (κ1) is 13.8. The van der Waals surface area contributed by atoms with E-state index < -0.39 is 5.54 Å². The van der Waals surface area contributed by atoms with Crippen LogP contribution < -0.4 is 10.1 Å². The van der Waals surface area contributed by atoms with Crippen molar-refractivity contribution in [3.8, 4) is 5.75 Å². The number of amides is 1. The van der Waals surface area contributed by atoms with E-state index in [1.165, 1.54) is 4.90 Å². The van der Waals surface area contributed by atoms with Crippen LogP contribution in [0.15, 0.2) is 24.3 Å². The summed E-state index contributed by atoms with van der Waals surface area (Å²) in [4.78, 5) is 13.2. The minimum absolute atomic E-state index is 0.0169. The zero-order chi connectivity index (χ0) is 13.9. The van der Waals surface area contributed by atoms with Gasteiger partial charge in [-0.15, -0.1) is 0 Å². The summed E-state index contributed by atoms with van der Waals surface area (Å²) in [5, 5.41) is 13.0. The van der Waals surface area contributed by atoms with Gasteiger partial charge in [-0.05, 0) is 6.07 Å². The highest BCUT2D eigenvalue weighted by molar-refractivity contribution is 5.77. The minimum atomic E-state index is -0.597. The highest BCUT2D eigenvalue weighted by Gasteiger charge is 2.37. The normalized spacial score (nSPS) is 21.4. The number of nitrogens with zero attached hydrogens (tertiary/aromatic N) is 1. The van der Waals surface area contributed by atoms with Gasteiger partial charge in [0.15, 0.2) is 0 Å². The summed E-state index contributed by atoms with van der Waals surface area (Å²) < 4.78 is 5.59. The molecule has 0 bridgehead atoms. The van der Waals surface area contributed by atoms with Gasteiger partial charge >= 0.3 is 0 Å². The van der Waals surface area contributed by atoms with E-state index in [0.717, 1.165) is 11.3 Å². The molecule has 0 saturated carbocycles. The van der Waals surface area contributed by atoms with Crippen molar-refractivity contribution in [1.82, 2.24) is 10.2 Å². The number of aliphatic hydroxyl groups excluding tert-OH is 1. The molecule has 1 aliphatic heterocycles. The lowest BCUT2D eigenvalue weighted by Gasteiger charge is -2.38. The molecule has 19 heavy (non-hydrogen) atoms. The fourth-order valence-electron chi connectivity index (χ4n) is 2.26. The van der Waals surface area contributed by atoms with E-state index in [0.29, 0.717) is 13.0 Å². The molecule has 5 nitrogen and oxygen atoms in total. The van der Waals surface area contributed by atoms with Crippen molar-refractivity contribution >= 4 is 5.91 Å². The van der Waals surface area contributed by atoms with Gasteiger partial charge in [-0.1, -0.05) is 18.2 Å². The van der Waals surface area contributed by atoms with E-state index in [1.54, 1.807) is 14.1 Å². The number of ether oxygens (including phenoxy) is 1.